The first-order chi connectivity index (χ1) is 10.4. The van der Waals surface area contributed by atoms with E-state index in [9.17, 15) is 4.79 Å². The average molecular weight is 309 g/mol. The number of amides is 1. The van der Waals surface area contributed by atoms with Crippen molar-refractivity contribution in [3.05, 3.63) is 0 Å². The first kappa shape index (κ1) is 16.2. The van der Waals surface area contributed by atoms with Crippen LogP contribution in [0.1, 0.15) is 39.5 Å². The monoisotopic (exact) mass is 309 g/mol. The fraction of sp³-hybridized carbons (Fsp3) is 0.941. The van der Waals surface area contributed by atoms with E-state index < -0.39 is 5.54 Å². The minimum atomic E-state index is -0.774. The van der Waals surface area contributed by atoms with Gasteiger partial charge in [-0.25, -0.2) is 0 Å². The summed E-state index contributed by atoms with van der Waals surface area (Å²) < 4.78 is 5.88. The maximum atomic E-state index is 12.8. The number of ether oxygens (including phenoxy) is 1. The van der Waals surface area contributed by atoms with E-state index in [1.54, 1.807) is 0 Å². The van der Waals surface area contributed by atoms with Crippen LogP contribution in [0.2, 0.25) is 0 Å². The van der Waals surface area contributed by atoms with E-state index in [2.05, 4.69) is 31.1 Å². The fourth-order valence-electron chi connectivity index (χ4n) is 4.69. The van der Waals surface area contributed by atoms with Gasteiger partial charge in [-0.05, 0) is 51.7 Å². The number of nitrogens with one attached hydrogen (secondary N) is 1. The van der Waals surface area contributed by atoms with Crippen molar-refractivity contribution >= 4 is 5.91 Å². The Morgan fingerprint density at radius 2 is 2.00 bits per heavy atom. The second-order valence-corrected chi connectivity index (χ2v) is 8.09. The third-order valence-corrected chi connectivity index (χ3v) is 6.45. The molecule has 0 aromatic rings. The molecule has 1 amide bonds. The number of hydrogen-bond acceptors (Lipinski definition) is 4. The van der Waals surface area contributed by atoms with Gasteiger partial charge in [0.25, 0.3) is 0 Å². The third kappa shape index (κ3) is 2.38. The molecule has 5 heteroatoms. The Morgan fingerprint density at radius 3 is 2.68 bits per heavy atom. The van der Waals surface area contributed by atoms with Crippen LogP contribution < -0.4 is 11.1 Å². The molecule has 3 unspecified atom stereocenters. The minimum Gasteiger partial charge on any atom is -0.377 e. The molecule has 0 radical (unpaired) electrons. The van der Waals surface area contributed by atoms with Crippen LogP contribution in [0.3, 0.4) is 0 Å². The number of carbonyl (C=O) groups is 1. The van der Waals surface area contributed by atoms with Crippen LogP contribution in [0.5, 0.6) is 0 Å². The van der Waals surface area contributed by atoms with Gasteiger partial charge < -0.3 is 20.7 Å². The summed E-state index contributed by atoms with van der Waals surface area (Å²) in [5, 5.41) is 3.16. The summed E-state index contributed by atoms with van der Waals surface area (Å²) in [5.74, 6) is 0.794. The van der Waals surface area contributed by atoms with Crippen LogP contribution in [0.4, 0.5) is 0 Å². The van der Waals surface area contributed by atoms with Crippen LogP contribution in [-0.2, 0) is 9.53 Å². The molecule has 126 valence electrons. The molecule has 3 N–H and O–H groups in total. The second-order valence-electron chi connectivity index (χ2n) is 8.09. The van der Waals surface area contributed by atoms with E-state index in [1.165, 1.54) is 0 Å². The van der Waals surface area contributed by atoms with E-state index in [-0.39, 0.29) is 23.3 Å². The molecule has 5 nitrogen and oxygen atoms in total. The highest BCUT2D eigenvalue weighted by Crippen LogP contribution is 2.57. The molecule has 3 rings (SSSR count). The van der Waals surface area contributed by atoms with Crippen molar-refractivity contribution in [1.29, 1.82) is 0 Å². The maximum Gasteiger partial charge on any atom is 0.241 e. The predicted molar refractivity (Wildman–Crippen MR) is 86.4 cm³/mol. The lowest BCUT2D eigenvalue weighted by atomic mass is 9.46. The molecule has 2 aliphatic heterocycles. The van der Waals surface area contributed by atoms with Gasteiger partial charge in [0, 0.05) is 24.5 Å². The second kappa shape index (κ2) is 5.77. The van der Waals surface area contributed by atoms with Gasteiger partial charge in [0.1, 0.15) is 5.54 Å². The van der Waals surface area contributed by atoms with E-state index in [1.807, 2.05) is 0 Å². The lowest BCUT2D eigenvalue weighted by Gasteiger charge is -2.65. The van der Waals surface area contributed by atoms with Gasteiger partial charge >= 0.3 is 0 Å². The number of nitrogens with two attached hydrogens (primary N) is 1. The smallest absolute Gasteiger partial charge is 0.241 e. The van der Waals surface area contributed by atoms with E-state index in [0.717, 1.165) is 51.9 Å². The van der Waals surface area contributed by atoms with Gasteiger partial charge in [0.15, 0.2) is 0 Å². The minimum absolute atomic E-state index is 0.0307. The topological polar surface area (TPSA) is 67.6 Å². The molecule has 2 saturated heterocycles. The standard InChI is InChI=1S/C17H31N3O2/c1-16(2)14-13(5-4-10-22-14)17(16,18)15(21)19-11-12-6-8-20(3)9-7-12/h12-14H,4-11,18H2,1-3H3,(H,19,21). The zero-order valence-electron chi connectivity index (χ0n) is 14.2. The zero-order valence-corrected chi connectivity index (χ0v) is 14.2. The van der Waals surface area contributed by atoms with Crippen molar-refractivity contribution in [1.82, 2.24) is 10.2 Å². The Bertz CT molecular complexity index is 432. The molecule has 3 atom stereocenters. The molecule has 0 aromatic carbocycles. The average Bonchev–Trinajstić information content (AvgIpc) is 2.53. The van der Waals surface area contributed by atoms with Gasteiger partial charge in [-0.15, -0.1) is 0 Å². The molecular weight excluding hydrogens is 278 g/mol. The highest BCUT2D eigenvalue weighted by molar-refractivity contribution is 5.89. The summed E-state index contributed by atoms with van der Waals surface area (Å²) in [6, 6.07) is 0. The first-order valence-electron chi connectivity index (χ1n) is 8.74. The van der Waals surface area contributed by atoms with Crippen LogP contribution >= 0.6 is 0 Å². The molecule has 22 heavy (non-hydrogen) atoms. The molecule has 0 spiro atoms. The zero-order chi connectivity index (χ0) is 16.0. The van der Waals surface area contributed by atoms with Gasteiger partial charge in [-0.1, -0.05) is 13.8 Å². The number of nitrogens with zero attached hydrogens (tertiary/aromatic N) is 1. The number of likely N-dealkylation sites (tertiary alicyclic amines) is 1. The van der Waals surface area contributed by atoms with E-state index in [4.69, 9.17) is 10.5 Å². The van der Waals surface area contributed by atoms with E-state index in [0.29, 0.717) is 5.92 Å². The summed E-state index contributed by atoms with van der Waals surface area (Å²) in [4.78, 5) is 15.2. The summed E-state index contributed by atoms with van der Waals surface area (Å²) >= 11 is 0. The van der Waals surface area contributed by atoms with Crippen molar-refractivity contribution in [2.24, 2.45) is 23.0 Å². The van der Waals surface area contributed by atoms with Crippen molar-refractivity contribution in [2.45, 2.75) is 51.2 Å². The molecule has 3 aliphatic rings. The summed E-state index contributed by atoms with van der Waals surface area (Å²) in [7, 11) is 2.16. The van der Waals surface area contributed by atoms with Gasteiger partial charge in [0.2, 0.25) is 5.91 Å². The number of carbonyl (C=O) groups excluding carboxylic acids is 1. The van der Waals surface area contributed by atoms with Crippen molar-refractivity contribution in [3.8, 4) is 0 Å². The maximum absolute atomic E-state index is 12.8. The van der Waals surface area contributed by atoms with Crippen molar-refractivity contribution in [3.63, 3.8) is 0 Å². The largest absolute Gasteiger partial charge is 0.377 e. The summed E-state index contributed by atoms with van der Waals surface area (Å²) in [6.45, 7) is 7.97. The SMILES string of the molecule is CN1CCC(CNC(=O)C2(N)C3CCCOC3C2(C)C)CC1. The molecule has 3 fully saturated rings. The Hall–Kier alpha value is -0.650. The Balaban J connectivity index is 1.59. The molecular formula is C17H31N3O2. The lowest BCUT2D eigenvalue weighted by Crippen LogP contribution is -2.82. The van der Waals surface area contributed by atoms with Crippen molar-refractivity contribution < 1.29 is 9.53 Å². The number of rotatable bonds is 3. The van der Waals surface area contributed by atoms with Crippen LogP contribution in [0.15, 0.2) is 0 Å². The number of fused-ring (bicyclic) bond motifs is 1. The third-order valence-electron chi connectivity index (χ3n) is 6.45. The van der Waals surface area contributed by atoms with Gasteiger partial charge in [-0.3, -0.25) is 4.79 Å². The predicted octanol–water partition coefficient (Wildman–Crippen LogP) is 0.977. The quantitative estimate of drug-likeness (QED) is 0.815. The highest BCUT2D eigenvalue weighted by Gasteiger charge is 2.70. The number of hydrogen-bond donors (Lipinski definition) is 2. The Kier molecular flexibility index (Phi) is 4.25. The first-order valence-corrected chi connectivity index (χ1v) is 8.74. The molecule has 0 bridgehead atoms. The molecule has 1 aliphatic carbocycles. The summed E-state index contributed by atoms with van der Waals surface area (Å²) in [5.41, 5.74) is 5.56. The van der Waals surface area contributed by atoms with E-state index >= 15 is 0 Å². The Morgan fingerprint density at radius 1 is 1.32 bits per heavy atom. The normalized spacial score (nSPS) is 38.9. The fourth-order valence-corrected chi connectivity index (χ4v) is 4.69. The summed E-state index contributed by atoms with van der Waals surface area (Å²) in [6.07, 6.45) is 4.48. The molecule has 1 saturated carbocycles. The molecule has 0 aromatic heterocycles. The lowest BCUT2D eigenvalue weighted by molar-refractivity contribution is -0.225. The van der Waals surface area contributed by atoms with Crippen LogP contribution in [0.25, 0.3) is 0 Å². The van der Waals surface area contributed by atoms with Crippen LogP contribution in [-0.4, -0.2) is 55.7 Å². The van der Waals surface area contributed by atoms with Gasteiger partial charge in [0.05, 0.1) is 6.10 Å². The van der Waals surface area contributed by atoms with Gasteiger partial charge in [-0.2, -0.15) is 0 Å². The van der Waals surface area contributed by atoms with Crippen molar-refractivity contribution in [2.75, 3.05) is 33.3 Å². The Labute approximate surface area is 133 Å². The van der Waals surface area contributed by atoms with Crippen LogP contribution in [0, 0.1) is 17.3 Å². The highest BCUT2D eigenvalue weighted by atomic mass is 16.5. The number of piperidine rings is 1. The molecule has 2 heterocycles.